The van der Waals surface area contributed by atoms with E-state index in [0.29, 0.717) is 11.4 Å². The van der Waals surface area contributed by atoms with Gasteiger partial charge in [-0.25, -0.2) is 23.2 Å². The highest BCUT2D eigenvalue weighted by Crippen LogP contribution is 2.31. The van der Waals surface area contributed by atoms with Crippen LogP contribution in [-0.2, 0) is 14.8 Å². The lowest BCUT2D eigenvalue weighted by atomic mass is 10.0. The molecule has 0 radical (unpaired) electrons. The van der Waals surface area contributed by atoms with Crippen molar-refractivity contribution in [2.75, 3.05) is 11.8 Å². The fourth-order valence-corrected chi connectivity index (χ4v) is 4.93. The molecule has 162 valence electrons. The molecule has 4 rings (SSSR count). The average molecular weight is 468 g/mol. The zero-order valence-electron chi connectivity index (χ0n) is 17.2. The van der Waals surface area contributed by atoms with Gasteiger partial charge in [-0.2, -0.15) is 0 Å². The van der Waals surface area contributed by atoms with Gasteiger partial charge < -0.3 is 4.74 Å². The monoisotopic (exact) mass is 467 g/mol. The van der Waals surface area contributed by atoms with Crippen molar-refractivity contribution in [1.29, 1.82) is 0 Å². The number of hydrogen-bond donors (Lipinski definition) is 1. The number of nitrogens with one attached hydrogen (secondary N) is 1. The van der Waals surface area contributed by atoms with Crippen LogP contribution in [0.25, 0.3) is 22.2 Å². The first-order valence-electron chi connectivity index (χ1n) is 9.51. The van der Waals surface area contributed by atoms with E-state index in [1.165, 1.54) is 31.6 Å². The molecular weight excluding hydrogens is 450 g/mol. The van der Waals surface area contributed by atoms with Gasteiger partial charge in [0.15, 0.2) is 0 Å². The second-order valence-electron chi connectivity index (χ2n) is 7.01. The fraction of sp³-hybridized carbons (Fsp3) is 0.0870. The van der Waals surface area contributed by atoms with Crippen molar-refractivity contribution in [3.05, 3.63) is 83.1 Å². The van der Waals surface area contributed by atoms with Crippen LogP contribution in [0.15, 0.2) is 71.9 Å². The number of benzene rings is 3. The van der Waals surface area contributed by atoms with E-state index in [1.54, 1.807) is 12.1 Å². The van der Waals surface area contributed by atoms with Crippen molar-refractivity contribution in [1.82, 2.24) is 9.97 Å². The maximum atomic E-state index is 13.0. The van der Waals surface area contributed by atoms with Crippen LogP contribution in [0, 0.1) is 6.92 Å². The number of anilines is 1. The van der Waals surface area contributed by atoms with E-state index in [-0.39, 0.29) is 15.5 Å². The van der Waals surface area contributed by atoms with Gasteiger partial charge in [0.25, 0.3) is 10.0 Å². The smallest absolute Gasteiger partial charge is 0.337 e. The van der Waals surface area contributed by atoms with Crippen LogP contribution in [-0.4, -0.2) is 31.5 Å². The largest absolute Gasteiger partial charge is 0.465 e. The number of ether oxygens (including phenoxy) is 1. The van der Waals surface area contributed by atoms with Crippen molar-refractivity contribution in [2.45, 2.75) is 11.8 Å². The molecule has 0 aliphatic rings. The highest BCUT2D eigenvalue weighted by Gasteiger charge is 2.21. The Hall–Kier alpha value is -3.49. The number of rotatable bonds is 5. The first kappa shape index (κ1) is 21.7. The van der Waals surface area contributed by atoms with Crippen LogP contribution in [0.4, 0.5) is 5.69 Å². The molecule has 3 aromatic carbocycles. The van der Waals surface area contributed by atoms with Gasteiger partial charge in [0.2, 0.25) is 0 Å². The van der Waals surface area contributed by atoms with Crippen LogP contribution in [0.2, 0.25) is 5.02 Å². The van der Waals surface area contributed by atoms with E-state index in [4.69, 9.17) is 11.6 Å². The third-order valence-electron chi connectivity index (χ3n) is 4.93. The number of hydrogen-bond acceptors (Lipinski definition) is 6. The summed E-state index contributed by atoms with van der Waals surface area (Å²) in [6, 6.07) is 16.7. The van der Waals surface area contributed by atoms with Gasteiger partial charge in [0.1, 0.15) is 11.2 Å². The van der Waals surface area contributed by atoms with Gasteiger partial charge in [-0.05, 0) is 48.9 Å². The second-order valence-corrected chi connectivity index (χ2v) is 9.07. The molecule has 1 heterocycles. The first-order chi connectivity index (χ1) is 15.3. The minimum Gasteiger partial charge on any atom is -0.465 e. The minimum absolute atomic E-state index is 0.0884. The summed E-state index contributed by atoms with van der Waals surface area (Å²) >= 11 is 6.16. The van der Waals surface area contributed by atoms with Crippen molar-refractivity contribution >= 4 is 44.2 Å². The summed E-state index contributed by atoms with van der Waals surface area (Å²) in [4.78, 5) is 20.2. The fourth-order valence-electron chi connectivity index (χ4n) is 3.33. The van der Waals surface area contributed by atoms with Gasteiger partial charge in [0, 0.05) is 16.6 Å². The number of nitrogens with zero attached hydrogens (tertiary/aromatic N) is 2. The predicted molar refractivity (Wildman–Crippen MR) is 123 cm³/mol. The first-order valence-corrected chi connectivity index (χ1v) is 11.4. The van der Waals surface area contributed by atoms with Crippen LogP contribution in [0.1, 0.15) is 15.9 Å². The Morgan fingerprint density at radius 3 is 2.56 bits per heavy atom. The van der Waals surface area contributed by atoms with Gasteiger partial charge in [-0.3, -0.25) is 4.72 Å². The SMILES string of the molecule is COC(=O)c1ccc(S(=O)(=O)Nc2ccc(C)c(-c3ncnc4ccccc34)c2)c(Cl)c1. The van der Waals surface area contributed by atoms with E-state index < -0.39 is 16.0 Å². The molecule has 0 bridgehead atoms. The third kappa shape index (κ3) is 4.15. The molecule has 4 aromatic rings. The summed E-state index contributed by atoms with van der Waals surface area (Å²) in [6.45, 7) is 1.92. The molecule has 0 amide bonds. The summed E-state index contributed by atoms with van der Waals surface area (Å²) in [7, 11) is -2.78. The molecule has 32 heavy (non-hydrogen) atoms. The van der Waals surface area contributed by atoms with E-state index in [2.05, 4.69) is 19.4 Å². The summed E-state index contributed by atoms with van der Waals surface area (Å²) in [6.07, 6.45) is 1.48. The van der Waals surface area contributed by atoms with Crippen LogP contribution in [0.3, 0.4) is 0 Å². The molecule has 0 aliphatic carbocycles. The van der Waals surface area contributed by atoms with Gasteiger partial charge in [-0.15, -0.1) is 0 Å². The number of carbonyl (C=O) groups excluding carboxylic acids is 1. The highest BCUT2D eigenvalue weighted by atomic mass is 35.5. The van der Waals surface area contributed by atoms with Crippen LogP contribution in [0.5, 0.6) is 0 Å². The molecule has 7 nitrogen and oxygen atoms in total. The van der Waals surface area contributed by atoms with Crippen molar-refractivity contribution in [3.63, 3.8) is 0 Å². The summed E-state index contributed by atoms with van der Waals surface area (Å²) in [5.74, 6) is -0.607. The van der Waals surface area contributed by atoms with E-state index >= 15 is 0 Å². The van der Waals surface area contributed by atoms with Crippen molar-refractivity contribution in [2.24, 2.45) is 0 Å². The molecule has 0 atom stereocenters. The Morgan fingerprint density at radius 1 is 1.03 bits per heavy atom. The maximum Gasteiger partial charge on any atom is 0.337 e. The lowest BCUT2D eigenvalue weighted by molar-refractivity contribution is 0.0600. The summed E-state index contributed by atoms with van der Waals surface area (Å²) < 4.78 is 33.1. The number of fused-ring (bicyclic) bond motifs is 1. The Balaban J connectivity index is 1.72. The van der Waals surface area contributed by atoms with E-state index in [0.717, 1.165) is 22.0 Å². The standard InChI is InChI=1S/C23H18ClN3O4S/c1-14-7-9-16(12-18(14)22-17-5-3-4-6-20(17)25-13-26-22)27-32(29,30)21-10-8-15(11-19(21)24)23(28)31-2/h3-13,27H,1-2H3. The lowest BCUT2D eigenvalue weighted by Gasteiger charge is -2.13. The molecule has 0 spiro atoms. The van der Waals surface area contributed by atoms with Gasteiger partial charge >= 0.3 is 5.97 Å². The number of carbonyl (C=O) groups is 1. The minimum atomic E-state index is -4.01. The summed E-state index contributed by atoms with van der Waals surface area (Å²) in [5.41, 5.74) is 3.70. The highest BCUT2D eigenvalue weighted by molar-refractivity contribution is 7.92. The topological polar surface area (TPSA) is 98.2 Å². The predicted octanol–water partition coefficient (Wildman–Crippen LogP) is 4.85. The second kappa shape index (κ2) is 8.57. The number of halogens is 1. The Kier molecular flexibility index (Phi) is 5.82. The quantitative estimate of drug-likeness (QED) is 0.421. The number of para-hydroxylation sites is 1. The number of aromatic nitrogens is 2. The zero-order valence-corrected chi connectivity index (χ0v) is 18.7. The molecule has 0 aliphatic heterocycles. The molecule has 0 fully saturated rings. The summed E-state index contributed by atoms with van der Waals surface area (Å²) in [5, 5.41) is 0.772. The Bertz CT molecular complexity index is 1450. The molecule has 1 N–H and O–H groups in total. The van der Waals surface area contributed by atoms with Gasteiger partial charge in [-0.1, -0.05) is 35.9 Å². The number of sulfonamides is 1. The molecule has 0 saturated carbocycles. The third-order valence-corrected chi connectivity index (χ3v) is 6.79. The molecule has 0 saturated heterocycles. The zero-order chi connectivity index (χ0) is 22.9. The molecule has 0 unspecified atom stereocenters. The number of aryl methyl sites for hydroxylation is 1. The maximum absolute atomic E-state index is 13.0. The van der Waals surface area contributed by atoms with Gasteiger partial charge in [0.05, 0.1) is 28.9 Å². The van der Waals surface area contributed by atoms with E-state index in [9.17, 15) is 13.2 Å². The number of esters is 1. The molecule has 1 aromatic heterocycles. The van der Waals surface area contributed by atoms with Crippen molar-refractivity contribution in [3.8, 4) is 11.3 Å². The Morgan fingerprint density at radius 2 is 1.81 bits per heavy atom. The number of methoxy groups -OCH3 is 1. The van der Waals surface area contributed by atoms with Crippen LogP contribution < -0.4 is 4.72 Å². The van der Waals surface area contributed by atoms with Crippen molar-refractivity contribution < 1.29 is 17.9 Å². The average Bonchev–Trinajstić information content (AvgIpc) is 2.79. The molecule has 9 heteroatoms. The normalized spacial score (nSPS) is 11.3. The molecular formula is C23H18ClN3O4S. The lowest BCUT2D eigenvalue weighted by Crippen LogP contribution is -2.14. The van der Waals surface area contributed by atoms with Crippen LogP contribution >= 0.6 is 11.6 Å². The Labute approximate surface area is 190 Å². The van der Waals surface area contributed by atoms with E-state index in [1.807, 2.05) is 37.3 Å².